The Morgan fingerprint density at radius 3 is 2.89 bits per heavy atom. The van der Waals surface area contributed by atoms with E-state index in [1.807, 2.05) is 0 Å². The highest BCUT2D eigenvalue weighted by Gasteiger charge is 2.19. The van der Waals surface area contributed by atoms with Crippen LogP contribution in [-0.2, 0) is 9.63 Å². The van der Waals surface area contributed by atoms with Crippen molar-refractivity contribution in [2.45, 2.75) is 0 Å². The molecule has 0 amide bonds. The topological polar surface area (TPSA) is 140 Å². The molecule has 2 heterocycles. The Labute approximate surface area is 155 Å². The number of anilines is 2. The number of aliphatic carboxylic acids is 1. The van der Waals surface area contributed by atoms with Gasteiger partial charge in [-0.05, 0) is 12.1 Å². The highest BCUT2D eigenvalue weighted by molar-refractivity contribution is 7.14. The number of carboxylic acids is 1. The highest BCUT2D eigenvalue weighted by atomic mass is 32.1. The van der Waals surface area contributed by atoms with E-state index < -0.39 is 10.9 Å². The molecule has 0 aliphatic rings. The first-order valence-electron chi connectivity index (χ1n) is 7.40. The van der Waals surface area contributed by atoms with E-state index in [0.717, 1.165) is 0 Å². The number of thiophene rings is 1. The molecule has 27 heavy (non-hydrogen) atoms. The van der Waals surface area contributed by atoms with E-state index in [4.69, 9.17) is 9.63 Å². The summed E-state index contributed by atoms with van der Waals surface area (Å²) in [5, 5.41) is 32.7. The maximum Gasteiger partial charge on any atom is 0.358 e. The van der Waals surface area contributed by atoms with Gasteiger partial charge in [0.1, 0.15) is 7.11 Å². The summed E-state index contributed by atoms with van der Waals surface area (Å²) in [4.78, 5) is 26.4. The minimum Gasteiger partial charge on any atom is -0.476 e. The van der Waals surface area contributed by atoms with Crippen LogP contribution in [-0.4, -0.2) is 34.0 Å². The summed E-state index contributed by atoms with van der Waals surface area (Å²) in [6.07, 6.45) is 0. The molecule has 3 rings (SSSR count). The van der Waals surface area contributed by atoms with Crippen LogP contribution >= 0.6 is 11.3 Å². The lowest BCUT2D eigenvalue weighted by Gasteiger charge is -1.98. The molecule has 0 spiro atoms. The van der Waals surface area contributed by atoms with E-state index in [-0.39, 0.29) is 17.2 Å². The van der Waals surface area contributed by atoms with Crippen LogP contribution in [0, 0.1) is 10.1 Å². The first-order valence-corrected chi connectivity index (χ1v) is 8.28. The number of carbonyl (C=O) groups is 1. The van der Waals surface area contributed by atoms with Crippen molar-refractivity contribution in [1.29, 1.82) is 0 Å². The molecule has 0 aliphatic carbocycles. The van der Waals surface area contributed by atoms with Crippen LogP contribution in [0.15, 0.2) is 51.5 Å². The zero-order valence-corrected chi connectivity index (χ0v) is 14.6. The van der Waals surface area contributed by atoms with Gasteiger partial charge in [-0.15, -0.1) is 11.3 Å². The maximum atomic E-state index is 11.2. The number of nitrogens with one attached hydrogen (secondary N) is 1. The summed E-state index contributed by atoms with van der Waals surface area (Å²) in [6.45, 7) is 0. The fourth-order valence-electron chi connectivity index (χ4n) is 2.26. The standard InChI is InChI=1S/C16H12N4O6S/c1-25-19-15(16(21)22)9-6-14(27-8-9)17-13-7-12(26-18-13)10-4-2-3-5-11(10)20(23)24/h2-8H,1H3,(H,17,18)(H,21,22)/b19-15-. The minimum atomic E-state index is -1.22. The summed E-state index contributed by atoms with van der Waals surface area (Å²) in [6, 6.07) is 9.24. The Hall–Kier alpha value is -3.73. The van der Waals surface area contributed by atoms with E-state index >= 15 is 0 Å². The zero-order valence-electron chi connectivity index (χ0n) is 13.8. The van der Waals surface area contributed by atoms with Crippen LogP contribution in [0.5, 0.6) is 0 Å². The van der Waals surface area contributed by atoms with Gasteiger partial charge in [-0.25, -0.2) is 4.79 Å². The Balaban J connectivity index is 1.83. The number of rotatable bonds is 7. The Morgan fingerprint density at radius 2 is 2.19 bits per heavy atom. The molecule has 0 aliphatic heterocycles. The molecule has 2 aromatic heterocycles. The number of nitrogens with zero attached hydrogens (tertiary/aromatic N) is 3. The molecule has 2 N–H and O–H groups in total. The average Bonchev–Trinajstić information content (AvgIpc) is 3.29. The number of para-hydroxylation sites is 1. The smallest absolute Gasteiger partial charge is 0.358 e. The Bertz CT molecular complexity index is 1030. The molecule has 10 nitrogen and oxygen atoms in total. The molecule has 0 atom stereocenters. The number of nitro benzene ring substituents is 1. The van der Waals surface area contributed by atoms with Gasteiger partial charge in [-0.1, -0.05) is 22.4 Å². The van der Waals surface area contributed by atoms with Gasteiger partial charge in [0.05, 0.1) is 15.5 Å². The third kappa shape index (κ3) is 3.93. The van der Waals surface area contributed by atoms with Gasteiger partial charge < -0.3 is 19.8 Å². The van der Waals surface area contributed by atoms with Gasteiger partial charge >= 0.3 is 5.97 Å². The van der Waals surface area contributed by atoms with Gasteiger partial charge in [0.25, 0.3) is 5.69 Å². The second kappa shape index (κ2) is 7.66. The summed E-state index contributed by atoms with van der Waals surface area (Å²) >= 11 is 1.23. The molecular weight excluding hydrogens is 376 g/mol. The van der Waals surface area contributed by atoms with Crippen LogP contribution in [0.1, 0.15) is 5.56 Å². The van der Waals surface area contributed by atoms with Crippen molar-refractivity contribution in [3.8, 4) is 11.3 Å². The highest BCUT2D eigenvalue weighted by Crippen LogP contribution is 2.32. The molecule has 1 aromatic carbocycles. The fourth-order valence-corrected chi connectivity index (χ4v) is 3.05. The second-order valence-electron chi connectivity index (χ2n) is 5.10. The molecule has 11 heteroatoms. The van der Waals surface area contributed by atoms with Gasteiger partial charge in [-0.2, -0.15) is 0 Å². The SMILES string of the molecule is CO/N=C(\C(=O)O)c1csc(Nc2cc(-c3ccccc3[N+](=O)[O-])on2)c1. The predicted molar refractivity (Wildman–Crippen MR) is 97.4 cm³/mol. The van der Waals surface area contributed by atoms with Crippen LogP contribution < -0.4 is 5.32 Å². The van der Waals surface area contributed by atoms with Crippen molar-refractivity contribution in [2.75, 3.05) is 12.4 Å². The molecule has 0 unspecified atom stereocenters. The summed E-state index contributed by atoms with van der Waals surface area (Å²) < 4.78 is 5.19. The van der Waals surface area contributed by atoms with Crippen molar-refractivity contribution < 1.29 is 24.2 Å². The van der Waals surface area contributed by atoms with Crippen molar-refractivity contribution >= 4 is 39.5 Å². The molecule has 0 saturated heterocycles. The molecule has 0 saturated carbocycles. The summed E-state index contributed by atoms with van der Waals surface area (Å²) in [5.41, 5.74) is 0.331. The van der Waals surface area contributed by atoms with Gasteiger partial charge in [0.15, 0.2) is 17.3 Å². The number of oxime groups is 1. The number of carboxylic acid groups (broad SMARTS) is 1. The summed E-state index contributed by atoms with van der Waals surface area (Å²) in [5.74, 6) is -0.674. The molecular formula is C16H12N4O6S. The lowest BCUT2D eigenvalue weighted by atomic mass is 10.1. The fraction of sp³-hybridized carbons (Fsp3) is 0.0625. The maximum absolute atomic E-state index is 11.2. The van der Waals surface area contributed by atoms with E-state index in [2.05, 4.69) is 20.5 Å². The van der Waals surface area contributed by atoms with Gasteiger partial charge in [0.2, 0.25) is 0 Å². The lowest BCUT2D eigenvalue weighted by Crippen LogP contribution is -2.13. The Kier molecular flexibility index (Phi) is 5.13. The van der Waals surface area contributed by atoms with Crippen molar-refractivity contribution in [3.63, 3.8) is 0 Å². The zero-order chi connectivity index (χ0) is 19.4. The minimum absolute atomic E-state index is 0.0968. The van der Waals surface area contributed by atoms with Crippen LogP contribution in [0.4, 0.5) is 16.5 Å². The van der Waals surface area contributed by atoms with Gasteiger partial charge in [-0.3, -0.25) is 10.1 Å². The van der Waals surface area contributed by atoms with Crippen molar-refractivity contribution in [3.05, 3.63) is 57.5 Å². The number of benzene rings is 1. The van der Waals surface area contributed by atoms with Crippen molar-refractivity contribution in [2.24, 2.45) is 5.16 Å². The molecule has 0 fully saturated rings. The molecule has 138 valence electrons. The lowest BCUT2D eigenvalue weighted by molar-refractivity contribution is -0.384. The normalized spacial score (nSPS) is 11.2. The van der Waals surface area contributed by atoms with E-state index in [1.165, 1.54) is 30.6 Å². The van der Waals surface area contributed by atoms with Crippen LogP contribution in [0.2, 0.25) is 0 Å². The first kappa shape index (κ1) is 18.1. The molecule has 3 aromatic rings. The average molecular weight is 388 g/mol. The number of nitro groups is 1. The third-order valence-corrected chi connectivity index (χ3v) is 4.23. The number of hydrogen-bond donors (Lipinski definition) is 2. The largest absolute Gasteiger partial charge is 0.476 e. The second-order valence-corrected chi connectivity index (χ2v) is 6.01. The van der Waals surface area contributed by atoms with Crippen molar-refractivity contribution in [1.82, 2.24) is 5.16 Å². The van der Waals surface area contributed by atoms with E-state index in [1.54, 1.807) is 29.6 Å². The summed E-state index contributed by atoms with van der Waals surface area (Å²) in [7, 11) is 1.26. The Morgan fingerprint density at radius 1 is 1.41 bits per heavy atom. The number of aromatic nitrogens is 1. The number of hydrogen-bond acceptors (Lipinski definition) is 9. The van der Waals surface area contributed by atoms with E-state index in [0.29, 0.717) is 21.9 Å². The van der Waals surface area contributed by atoms with Gasteiger partial charge in [0, 0.05) is 23.1 Å². The predicted octanol–water partition coefficient (Wildman–Crippen LogP) is 3.49. The first-order chi connectivity index (χ1) is 13.0. The quantitative estimate of drug-likeness (QED) is 0.356. The molecule has 0 radical (unpaired) electrons. The third-order valence-electron chi connectivity index (χ3n) is 3.39. The molecule has 0 bridgehead atoms. The monoisotopic (exact) mass is 388 g/mol. The van der Waals surface area contributed by atoms with Crippen LogP contribution in [0.3, 0.4) is 0 Å². The van der Waals surface area contributed by atoms with Crippen LogP contribution in [0.25, 0.3) is 11.3 Å². The van der Waals surface area contributed by atoms with E-state index in [9.17, 15) is 14.9 Å².